The Bertz CT molecular complexity index is 858. The summed E-state index contributed by atoms with van der Waals surface area (Å²) in [5.74, 6) is 0.424. The highest BCUT2D eigenvalue weighted by atomic mass is 16.2. The summed E-state index contributed by atoms with van der Waals surface area (Å²) in [6.07, 6.45) is 2.48. The highest BCUT2D eigenvalue weighted by Gasteiger charge is 2.43. The minimum atomic E-state index is -0.167. The summed E-state index contributed by atoms with van der Waals surface area (Å²) >= 11 is 0. The fraction of sp³-hybridized carbons (Fsp3) is 0.450. The minimum absolute atomic E-state index is 0.0723. The summed E-state index contributed by atoms with van der Waals surface area (Å²) < 4.78 is 1.98. The zero-order valence-corrected chi connectivity index (χ0v) is 15.4. The van der Waals surface area contributed by atoms with E-state index in [9.17, 15) is 9.59 Å². The van der Waals surface area contributed by atoms with Gasteiger partial charge in [-0.05, 0) is 52.2 Å². The van der Waals surface area contributed by atoms with Crippen molar-refractivity contribution in [2.75, 3.05) is 5.73 Å². The van der Waals surface area contributed by atoms with Gasteiger partial charge in [0.2, 0.25) is 0 Å². The fourth-order valence-corrected chi connectivity index (χ4v) is 4.24. The summed E-state index contributed by atoms with van der Waals surface area (Å²) in [6.45, 7) is 6.29. The van der Waals surface area contributed by atoms with Crippen LogP contribution in [0.1, 0.15) is 72.4 Å². The van der Waals surface area contributed by atoms with Gasteiger partial charge in [0.25, 0.3) is 11.8 Å². The Morgan fingerprint density at radius 2 is 1.69 bits per heavy atom. The maximum Gasteiger partial charge on any atom is 0.261 e. The molecular weight excluding hydrogens is 328 g/mol. The van der Waals surface area contributed by atoms with Gasteiger partial charge in [0.05, 0.1) is 16.7 Å². The molecule has 2 N–H and O–H groups in total. The lowest BCUT2D eigenvalue weighted by Crippen LogP contribution is -2.38. The number of nitrogens with two attached hydrogens (primary N) is 1. The molecule has 0 radical (unpaired) electrons. The number of anilines is 1. The summed E-state index contributed by atoms with van der Waals surface area (Å²) in [6, 6.07) is 8.93. The Morgan fingerprint density at radius 3 is 2.27 bits per heavy atom. The zero-order chi connectivity index (χ0) is 18.6. The van der Waals surface area contributed by atoms with Crippen LogP contribution in [0, 0.1) is 0 Å². The molecule has 2 amide bonds. The van der Waals surface area contributed by atoms with E-state index in [1.807, 2.05) is 10.7 Å². The van der Waals surface area contributed by atoms with Crippen LogP contribution in [-0.4, -0.2) is 32.5 Å². The molecular formula is C20H24N4O2. The Balaban J connectivity index is 1.59. The van der Waals surface area contributed by atoms with Crippen molar-refractivity contribution in [3.05, 3.63) is 47.2 Å². The molecule has 1 aliphatic carbocycles. The van der Waals surface area contributed by atoms with E-state index in [1.165, 1.54) is 4.90 Å². The van der Waals surface area contributed by atoms with Gasteiger partial charge < -0.3 is 5.73 Å². The SMILES string of the molecule is CC(C)(C)n1nc(N)cc1[C@@H]1CC[C@H](N2C(=O)c3ccccc3C2=O)C1. The number of fused-ring (bicyclic) bond motifs is 1. The smallest absolute Gasteiger partial charge is 0.261 e. The fourth-order valence-electron chi connectivity index (χ4n) is 4.24. The third-order valence-corrected chi connectivity index (χ3v) is 5.41. The molecule has 1 fully saturated rings. The van der Waals surface area contributed by atoms with E-state index in [-0.39, 0.29) is 29.3 Å². The maximum absolute atomic E-state index is 12.7. The molecule has 1 aromatic heterocycles. The number of rotatable bonds is 2. The molecule has 6 heteroatoms. The Morgan fingerprint density at radius 1 is 1.08 bits per heavy atom. The standard InChI is InChI=1S/C20H24N4O2/c1-20(2,3)24-16(11-17(21)22-24)12-8-9-13(10-12)23-18(25)14-6-4-5-7-15(14)19(23)26/h4-7,11-13H,8-10H2,1-3H3,(H2,21,22)/t12-,13+/m1/s1. The van der Waals surface area contributed by atoms with Crippen LogP contribution in [0.25, 0.3) is 0 Å². The molecule has 0 spiro atoms. The predicted octanol–water partition coefficient (Wildman–Crippen LogP) is 3.15. The van der Waals surface area contributed by atoms with Crippen LogP contribution >= 0.6 is 0 Å². The average Bonchev–Trinajstić information content (AvgIpc) is 3.26. The van der Waals surface area contributed by atoms with Gasteiger partial charge in [-0.25, -0.2) is 0 Å². The Hall–Kier alpha value is -2.63. The molecule has 4 rings (SSSR count). The normalized spacial score (nSPS) is 23.0. The molecule has 1 saturated carbocycles. The van der Waals surface area contributed by atoms with Crippen molar-refractivity contribution in [2.24, 2.45) is 0 Å². The number of carbonyl (C=O) groups is 2. The van der Waals surface area contributed by atoms with Crippen LogP contribution in [0.2, 0.25) is 0 Å². The molecule has 2 atom stereocenters. The number of benzene rings is 1. The van der Waals surface area contributed by atoms with Crippen LogP contribution < -0.4 is 5.73 Å². The number of nitrogen functional groups attached to an aromatic ring is 1. The van der Waals surface area contributed by atoms with Gasteiger partial charge >= 0.3 is 0 Å². The largest absolute Gasteiger partial charge is 0.382 e. The zero-order valence-electron chi connectivity index (χ0n) is 15.4. The summed E-state index contributed by atoms with van der Waals surface area (Å²) in [5.41, 5.74) is 7.91. The Kier molecular flexibility index (Phi) is 3.68. The second kappa shape index (κ2) is 5.69. The van der Waals surface area contributed by atoms with Crippen LogP contribution in [-0.2, 0) is 5.54 Å². The summed E-state index contributed by atoms with van der Waals surface area (Å²) in [7, 11) is 0. The molecule has 0 saturated heterocycles. The number of imide groups is 1. The van der Waals surface area contributed by atoms with Gasteiger partial charge in [-0.2, -0.15) is 5.10 Å². The number of hydrogen-bond acceptors (Lipinski definition) is 4. The first-order valence-electron chi connectivity index (χ1n) is 9.10. The average molecular weight is 352 g/mol. The molecule has 1 aromatic carbocycles. The molecule has 6 nitrogen and oxygen atoms in total. The van der Waals surface area contributed by atoms with Gasteiger partial charge in [0, 0.05) is 23.7 Å². The quantitative estimate of drug-likeness (QED) is 0.842. The topological polar surface area (TPSA) is 81.2 Å². The van der Waals surface area contributed by atoms with Crippen molar-refractivity contribution in [3.63, 3.8) is 0 Å². The maximum atomic E-state index is 12.7. The molecule has 1 aliphatic heterocycles. The molecule has 26 heavy (non-hydrogen) atoms. The summed E-state index contributed by atoms with van der Waals surface area (Å²) in [5, 5.41) is 4.46. The van der Waals surface area contributed by atoms with Crippen LogP contribution in [0.3, 0.4) is 0 Å². The van der Waals surface area contributed by atoms with Crippen LogP contribution in [0.15, 0.2) is 30.3 Å². The van der Waals surface area contributed by atoms with E-state index in [1.54, 1.807) is 24.3 Å². The number of aromatic nitrogens is 2. The van der Waals surface area contributed by atoms with E-state index in [0.717, 1.165) is 25.0 Å². The Labute approximate surface area is 153 Å². The van der Waals surface area contributed by atoms with E-state index < -0.39 is 0 Å². The van der Waals surface area contributed by atoms with Crippen molar-refractivity contribution >= 4 is 17.6 Å². The van der Waals surface area contributed by atoms with E-state index in [4.69, 9.17) is 5.73 Å². The van der Waals surface area contributed by atoms with E-state index >= 15 is 0 Å². The van der Waals surface area contributed by atoms with Crippen molar-refractivity contribution in [1.82, 2.24) is 14.7 Å². The number of hydrogen-bond donors (Lipinski definition) is 1. The first-order chi connectivity index (χ1) is 12.3. The molecule has 2 aromatic rings. The summed E-state index contributed by atoms with van der Waals surface area (Å²) in [4.78, 5) is 26.9. The van der Waals surface area contributed by atoms with Crippen LogP contribution in [0.5, 0.6) is 0 Å². The monoisotopic (exact) mass is 352 g/mol. The first kappa shape index (κ1) is 16.8. The molecule has 0 bridgehead atoms. The first-order valence-corrected chi connectivity index (χ1v) is 9.10. The van der Waals surface area contributed by atoms with Gasteiger partial charge in [0.15, 0.2) is 0 Å². The molecule has 2 heterocycles. The second-order valence-corrected chi connectivity index (χ2v) is 8.27. The molecule has 0 unspecified atom stereocenters. The molecule has 2 aliphatic rings. The van der Waals surface area contributed by atoms with Crippen molar-refractivity contribution < 1.29 is 9.59 Å². The van der Waals surface area contributed by atoms with Gasteiger partial charge in [-0.3, -0.25) is 19.2 Å². The third-order valence-electron chi connectivity index (χ3n) is 5.41. The highest BCUT2D eigenvalue weighted by Crippen LogP contribution is 2.41. The number of nitrogens with zero attached hydrogens (tertiary/aromatic N) is 3. The predicted molar refractivity (Wildman–Crippen MR) is 99.0 cm³/mol. The van der Waals surface area contributed by atoms with Crippen LogP contribution in [0.4, 0.5) is 5.82 Å². The third kappa shape index (κ3) is 2.52. The second-order valence-electron chi connectivity index (χ2n) is 8.27. The molecule has 136 valence electrons. The highest BCUT2D eigenvalue weighted by molar-refractivity contribution is 6.21. The lowest BCUT2D eigenvalue weighted by Gasteiger charge is -2.25. The van der Waals surface area contributed by atoms with Gasteiger partial charge in [-0.15, -0.1) is 0 Å². The van der Waals surface area contributed by atoms with Gasteiger partial charge in [-0.1, -0.05) is 12.1 Å². The minimum Gasteiger partial charge on any atom is -0.382 e. The van der Waals surface area contributed by atoms with E-state index in [0.29, 0.717) is 16.9 Å². The number of carbonyl (C=O) groups excluding carboxylic acids is 2. The van der Waals surface area contributed by atoms with E-state index in [2.05, 4.69) is 25.9 Å². The lowest BCUT2D eigenvalue weighted by atomic mass is 10.0. The van der Waals surface area contributed by atoms with Gasteiger partial charge in [0.1, 0.15) is 5.82 Å². The lowest BCUT2D eigenvalue weighted by molar-refractivity contribution is 0.0586. The van der Waals surface area contributed by atoms with Crippen molar-refractivity contribution in [1.29, 1.82) is 0 Å². The van der Waals surface area contributed by atoms with Crippen molar-refractivity contribution in [2.45, 2.75) is 57.5 Å². The van der Waals surface area contributed by atoms with Crippen molar-refractivity contribution in [3.8, 4) is 0 Å². The number of amides is 2.